The van der Waals surface area contributed by atoms with Gasteiger partial charge in [-0.15, -0.1) is 13.2 Å². The molecule has 0 radical (unpaired) electrons. The third-order valence-electron chi connectivity index (χ3n) is 5.35. The van der Waals surface area contributed by atoms with Crippen molar-refractivity contribution in [3.63, 3.8) is 0 Å². The topological polar surface area (TPSA) is 9.23 Å². The van der Waals surface area contributed by atoms with Gasteiger partial charge in [0.2, 0.25) is 8.32 Å². The lowest BCUT2D eigenvalue weighted by Crippen LogP contribution is -2.55. The zero-order valence-corrected chi connectivity index (χ0v) is 15.4. The molecule has 0 amide bonds. The number of rotatable bonds is 2. The first-order valence-electron chi connectivity index (χ1n) is 8.00. The lowest BCUT2D eigenvalue weighted by molar-refractivity contribution is -0.0364. The van der Waals surface area contributed by atoms with Gasteiger partial charge in [0.25, 0.3) is 0 Å². The molecule has 0 atom stereocenters. The summed E-state index contributed by atoms with van der Waals surface area (Å²) in [7, 11) is -1.83. The van der Waals surface area contributed by atoms with E-state index in [0.717, 1.165) is 6.04 Å². The maximum atomic E-state index is 6.28. The fraction of sp³-hybridized carbons (Fsp3) is 0.400. The van der Waals surface area contributed by atoms with Crippen LogP contribution in [-0.2, 0) is 4.43 Å². The lowest BCUT2D eigenvalue weighted by Gasteiger charge is -2.51. The number of hydrogen-bond donors (Lipinski definition) is 0. The molecule has 22 heavy (non-hydrogen) atoms. The molecule has 0 N–H and O–H groups in total. The predicted octanol–water partition coefficient (Wildman–Crippen LogP) is 5.78. The van der Waals surface area contributed by atoms with E-state index in [2.05, 4.69) is 77.3 Å². The van der Waals surface area contributed by atoms with Crippen molar-refractivity contribution in [2.45, 2.75) is 45.8 Å². The minimum Gasteiger partial charge on any atom is -0.404 e. The summed E-state index contributed by atoms with van der Waals surface area (Å²) < 4.78 is 6.28. The summed E-state index contributed by atoms with van der Waals surface area (Å²) in [6.45, 7) is 16.7. The van der Waals surface area contributed by atoms with Gasteiger partial charge in [0.15, 0.2) is 0 Å². The SMILES string of the molecule is C1=Cc2ccccc21.C=C[Si]1(C=C)CCC(C)(C)C(C)(C)O1. The molecular formula is C20H28OSi. The van der Waals surface area contributed by atoms with E-state index in [0.29, 0.717) is 0 Å². The molecule has 1 aliphatic carbocycles. The van der Waals surface area contributed by atoms with Crippen LogP contribution in [0.2, 0.25) is 6.04 Å². The molecule has 118 valence electrons. The van der Waals surface area contributed by atoms with Gasteiger partial charge in [-0.2, -0.15) is 0 Å². The highest BCUT2D eigenvalue weighted by Crippen LogP contribution is 2.46. The minimum absolute atomic E-state index is 0.0696. The molecule has 0 spiro atoms. The quantitative estimate of drug-likeness (QED) is 0.639. The van der Waals surface area contributed by atoms with Gasteiger partial charge in [0, 0.05) is 0 Å². The van der Waals surface area contributed by atoms with Crippen LogP contribution in [-0.4, -0.2) is 13.9 Å². The highest BCUT2D eigenvalue weighted by atomic mass is 28.4. The fourth-order valence-electron chi connectivity index (χ4n) is 2.74. The molecule has 0 unspecified atom stereocenters. The van der Waals surface area contributed by atoms with E-state index >= 15 is 0 Å². The maximum Gasteiger partial charge on any atom is 0.241 e. The van der Waals surface area contributed by atoms with Crippen LogP contribution in [0.4, 0.5) is 0 Å². The number of benzene rings is 1. The predicted molar refractivity (Wildman–Crippen MR) is 99.9 cm³/mol. The van der Waals surface area contributed by atoms with Gasteiger partial charge in [0.05, 0.1) is 5.60 Å². The molecule has 0 saturated carbocycles. The van der Waals surface area contributed by atoms with Gasteiger partial charge in [-0.05, 0) is 42.9 Å². The van der Waals surface area contributed by atoms with E-state index in [4.69, 9.17) is 4.43 Å². The van der Waals surface area contributed by atoms with E-state index in [1.165, 1.54) is 17.5 Å². The average molecular weight is 313 g/mol. The molecule has 2 aliphatic rings. The molecule has 1 nitrogen and oxygen atoms in total. The molecular weight excluding hydrogens is 284 g/mol. The Morgan fingerprint density at radius 2 is 1.50 bits per heavy atom. The van der Waals surface area contributed by atoms with Crippen molar-refractivity contribution in [3.8, 4) is 0 Å². The van der Waals surface area contributed by atoms with Crippen molar-refractivity contribution in [1.82, 2.24) is 0 Å². The van der Waals surface area contributed by atoms with Crippen LogP contribution in [0.1, 0.15) is 45.2 Å². The van der Waals surface area contributed by atoms with E-state index in [-0.39, 0.29) is 11.0 Å². The molecule has 2 heteroatoms. The summed E-state index contributed by atoms with van der Waals surface area (Å²) in [4.78, 5) is 0. The van der Waals surface area contributed by atoms with Crippen LogP contribution in [0, 0.1) is 5.41 Å². The van der Waals surface area contributed by atoms with Crippen molar-refractivity contribution in [2.24, 2.45) is 5.41 Å². The van der Waals surface area contributed by atoms with E-state index in [9.17, 15) is 0 Å². The van der Waals surface area contributed by atoms with E-state index in [1.54, 1.807) is 0 Å². The first-order chi connectivity index (χ1) is 10.3. The van der Waals surface area contributed by atoms with Crippen LogP contribution in [0.25, 0.3) is 12.2 Å². The Bertz CT molecular complexity index is 562. The summed E-state index contributed by atoms with van der Waals surface area (Å²) in [5.41, 5.74) is 6.93. The smallest absolute Gasteiger partial charge is 0.241 e. The number of hydrogen-bond acceptors (Lipinski definition) is 1. The summed E-state index contributed by atoms with van der Waals surface area (Å²) >= 11 is 0. The number of fused-ring (bicyclic) bond motifs is 1. The second-order valence-electron chi connectivity index (χ2n) is 7.32. The van der Waals surface area contributed by atoms with E-state index < -0.39 is 8.32 Å². The normalized spacial score (nSPS) is 22.4. The molecule has 1 aromatic rings. The first kappa shape index (κ1) is 17.0. The van der Waals surface area contributed by atoms with Crippen molar-refractivity contribution in [1.29, 1.82) is 0 Å². The highest BCUT2D eigenvalue weighted by Gasteiger charge is 2.49. The second kappa shape index (κ2) is 6.02. The molecule has 1 heterocycles. The largest absolute Gasteiger partial charge is 0.404 e. The van der Waals surface area contributed by atoms with Crippen LogP contribution >= 0.6 is 0 Å². The second-order valence-corrected chi connectivity index (χ2v) is 10.8. The van der Waals surface area contributed by atoms with Gasteiger partial charge in [0.1, 0.15) is 0 Å². The van der Waals surface area contributed by atoms with Crippen LogP contribution in [0.3, 0.4) is 0 Å². The van der Waals surface area contributed by atoms with Crippen molar-refractivity contribution < 1.29 is 4.43 Å². The van der Waals surface area contributed by atoms with Crippen molar-refractivity contribution in [2.75, 3.05) is 0 Å². The molecule has 1 saturated heterocycles. The molecule has 1 aliphatic heterocycles. The van der Waals surface area contributed by atoms with Crippen LogP contribution in [0.15, 0.2) is 48.8 Å². The Hall–Kier alpha value is -1.38. The van der Waals surface area contributed by atoms with Gasteiger partial charge in [-0.1, -0.05) is 61.7 Å². The zero-order chi connectivity index (χ0) is 16.4. The third-order valence-corrected chi connectivity index (χ3v) is 8.65. The monoisotopic (exact) mass is 312 g/mol. The van der Waals surface area contributed by atoms with Crippen molar-refractivity contribution in [3.05, 3.63) is 59.9 Å². The molecule has 1 aromatic carbocycles. The average Bonchev–Trinajstić information content (AvgIpc) is 2.44. The molecule has 0 aromatic heterocycles. The summed E-state index contributed by atoms with van der Waals surface area (Å²) in [6.07, 6.45) is 5.44. The molecule has 1 fully saturated rings. The molecule has 3 rings (SSSR count). The third kappa shape index (κ3) is 3.18. The van der Waals surface area contributed by atoms with Crippen molar-refractivity contribution >= 4 is 20.5 Å². The Balaban J connectivity index is 0.000000183. The summed E-state index contributed by atoms with van der Waals surface area (Å²) in [5.74, 6) is 0. The first-order valence-corrected chi connectivity index (χ1v) is 10.3. The van der Waals surface area contributed by atoms with Gasteiger partial charge >= 0.3 is 0 Å². The molecule has 0 bridgehead atoms. The fourth-order valence-corrected chi connectivity index (χ4v) is 5.83. The van der Waals surface area contributed by atoms with Gasteiger partial charge < -0.3 is 4.43 Å². The standard InChI is InChI=1S/C12H22OSi.C8H6/c1-7-14(8-2)10-9-11(3,4)12(5,6)13-14;1-2-4-8-6-5-7(8)3-1/h7-8H,1-2,9-10H2,3-6H3;1-6H. The Morgan fingerprint density at radius 1 is 1.00 bits per heavy atom. The summed E-state index contributed by atoms with van der Waals surface area (Å²) in [6, 6.07) is 9.48. The summed E-state index contributed by atoms with van der Waals surface area (Å²) in [5, 5.41) is 0. The zero-order valence-electron chi connectivity index (χ0n) is 14.4. The Kier molecular flexibility index (Phi) is 4.64. The van der Waals surface area contributed by atoms with Crippen LogP contribution < -0.4 is 0 Å². The lowest BCUT2D eigenvalue weighted by atomic mass is 9.75. The van der Waals surface area contributed by atoms with Gasteiger partial charge in [-0.25, -0.2) is 0 Å². The van der Waals surface area contributed by atoms with E-state index in [1.807, 2.05) is 11.4 Å². The Morgan fingerprint density at radius 3 is 1.82 bits per heavy atom. The Labute approximate surface area is 136 Å². The maximum absolute atomic E-state index is 6.28. The van der Waals surface area contributed by atoms with Gasteiger partial charge in [-0.3, -0.25) is 0 Å². The van der Waals surface area contributed by atoms with Crippen LogP contribution in [0.5, 0.6) is 0 Å². The highest BCUT2D eigenvalue weighted by molar-refractivity contribution is 6.83. The minimum atomic E-state index is -1.83.